The van der Waals surface area contributed by atoms with Crippen LogP contribution in [0, 0.1) is 17.7 Å². The van der Waals surface area contributed by atoms with Gasteiger partial charge in [-0.15, -0.1) is 0 Å². The molecule has 2 heterocycles. The van der Waals surface area contributed by atoms with Crippen molar-refractivity contribution < 1.29 is 22.7 Å². The first kappa shape index (κ1) is 18.9. The number of benzene rings is 1. The molecule has 9 heteroatoms. The second kappa shape index (κ2) is 7.03. The number of aromatic hydroxyl groups is 1. The molecule has 2 N–H and O–H groups in total. The van der Waals surface area contributed by atoms with E-state index >= 15 is 0 Å². The van der Waals surface area contributed by atoms with Crippen LogP contribution in [-0.2, 0) is 21.4 Å². The van der Waals surface area contributed by atoms with Crippen molar-refractivity contribution in [1.29, 1.82) is 0 Å². The molecule has 0 spiro atoms. The minimum Gasteiger partial charge on any atom is -0.506 e. The highest BCUT2D eigenvalue weighted by molar-refractivity contribution is 7.92. The maximum Gasteiger partial charge on any atom is 0.326 e. The predicted molar refractivity (Wildman–Crippen MR) is 95.6 cm³/mol. The summed E-state index contributed by atoms with van der Waals surface area (Å²) >= 11 is 0. The summed E-state index contributed by atoms with van der Waals surface area (Å²) < 4.78 is 40.5. The van der Waals surface area contributed by atoms with Crippen LogP contribution in [0.15, 0.2) is 12.1 Å². The van der Waals surface area contributed by atoms with E-state index in [4.69, 9.17) is 0 Å². The Balaban J connectivity index is 1.71. The maximum absolute atomic E-state index is 14.5. The molecule has 0 aromatic heterocycles. The molecular weight excluding hydrogens is 361 g/mol. The van der Waals surface area contributed by atoms with Gasteiger partial charge in [0.05, 0.1) is 0 Å². The van der Waals surface area contributed by atoms with Crippen LogP contribution in [0.2, 0.25) is 0 Å². The molecule has 0 saturated carbocycles. The first-order valence-electron chi connectivity index (χ1n) is 8.74. The van der Waals surface area contributed by atoms with Gasteiger partial charge in [-0.1, -0.05) is 13.8 Å². The summed E-state index contributed by atoms with van der Waals surface area (Å²) in [4.78, 5) is 13.6. The van der Waals surface area contributed by atoms with Crippen molar-refractivity contribution >= 4 is 21.8 Å². The van der Waals surface area contributed by atoms with Crippen molar-refractivity contribution in [2.24, 2.45) is 11.8 Å². The van der Waals surface area contributed by atoms with Gasteiger partial charge in [-0.25, -0.2) is 13.4 Å². The molecule has 26 heavy (non-hydrogen) atoms. The van der Waals surface area contributed by atoms with Crippen LogP contribution in [0.1, 0.15) is 25.8 Å². The summed E-state index contributed by atoms with van der Waals surface area (Å²) in [7, 11) is -4.16. The Morgan fingerprint density at radius 3 is 2.65 bits per heavy atom. The Kier molecular flexibility index (Phi) is 5.12. The van der Waals surface area contributed by atoms with Gasteiger partial charge in [-0.3, -0.25) is 4.79 Å². The van der Waals surface area contributed by atoms with Crippen molar-refractivity contribution in [2.45, 2.75) is 26.7 Å². The fourth-order valence-electron chi connectivity index (χ4n) is 3.57. The molecule has 1 amide bonds. The van der Waals surface area contributed by atoms with Gasteiger partial charge >= 0.3 is 10.2 Å². The first-order valence-corrected chi connectivity index (χ1v) is 10.2. The number of nitrogens with zero attached hydrogens (tertiary/aromatic N) is 2. The highest BCUT2D eigenvalue weighted by atomic mass is 32.2. The van der Waals surface area contributed by atoms with Crippen molar-refractivity contribution in [1.82, 2.24) is 9.62 Å². The average Bonchev–Trinajstić information content (AvgIpc) is 3.09. The minimum absolute atomic E-state index is 0.485. The van der Waals surface area contributed by atoms with Gasteiger partial charge in [-0.2, -0.15) is 8.42 Å². The first-order chi connectivity index (χ1) is 12.2. The SMILES string of the molecule is CC(C)[C@@H]1CCN(CCc2cc(O)c(N3CC(=O)NS3(=O)=O)c(F)c2)C1. The summed E-state index contributed by atoms with van der Waals surface area (Å²) in [6.07, 6.45) is 1.71. The number of carbonyl (C=O) groups excluding carboxylic acids is 1. The molecule has 7 nitrogen and oxygen atoms in total. The summed E-state index contributed by atoms with van der Waals surface area (Å²) in [5.74, 6) is -0.794. The third kappa shape index (κ3) is 3.78. The number of phenolic OH excluding ortho intramolecular Hbond substituents is 1. The van der Waals surface area contributed by atoms with E-state index in [9.17, 15) is 22.7 Å². The van der Waals surface area contributed by atoms with Gasteiger partial charge in [0, 0.05) is 13.1 Å². The summed E-state index contributed by atoms with van der Waals surface area (Å²) in [6, 6.07) is 2.59. The molecule has 1 atom stereocenters. The average molecular weight is 385 g/mol. The van der Waals surface area contributed by atoms with E-state index in [0.717, 1.165) is 26.1 Å². The van der Waals surface area contributed by atoms with Crippen LogP contribution in [-0.4, -0.2) is 50.5 Å². The molecule has 0 aliphatic carbocycles. The number of hydrogen-bond donors (Lipinski definition) is 2. The van der Waals surface area contributed by atoms with Crippen molar-refractivity contribution in [3.05, 3.63) is 23.5 Å². The quantitative estimate of drug-likeness (QED) is 0.796. The number of amides is 1. The predicted octanol–water partition coefficient (Wildman–Crippen LogP) is 1.23. The Morgan fingerprint density at radius 1 is 1.38 bits per heavy atom. The zero-order valence-electron chi connectivity index (χ0n) is 14.9. The smallest absolute Gasteiger partial charge is 0.326 e. The van der Waals surface area contributed by atoms with Gasteiger partial charge < -0.3 is 10.0 Å². The van der Waals surface area contributed by atoms with E-state index < -0.39 is 39.9 Å². The molecular formula is C17H24FN3O4S. The summed E-state index contributed by atoms with van der Waals surface area (Å²) in [5, 5.41) is 10.2. The number of hydrogen-bond acceptors (Lipinski definition) is 5. The molecule has 2 saturated heterocycles. The number of rotatable bonds is 5. The molecule has 1 aromatic rings. The Bertz CT molecular complexity index is 789. The molecule has 2 aliphatic heterocycles. The monoisotopic (exact) mass is 385 g/mol. The number of halogens is 1. The van der Waals surface area contributed by atoms with Gasteiger partial charge in [0.25, 0.3) is 5.91 Å². The molecule has 0 radical (unpaired) electrons. The van der Waals surface area contributed by atoms with E-state index in [-0.39, 0.29) is 0 Å². The zero-order valence-corrected chi connectivity index (χ0v) is 15.7. The van der Waals surface area contributed by atoms with Gasteiger partial charge in [0.15, 0.2) is 5.82 Å². The molecule has 3 rings (SSSR count). The number of nitrogens with one attached hydrogen (secondary N) is 1. The number of phenols is 1. The third-order valence-corrected chi connectivity index (χ3v) is 6.52. The van der Waals surface area contributed by atoms with Crippen LogP contribution in [0.4, 0.5) is 10.1 Å². The normalized spacial score (nSPS) is 23.0. The van der Waals surface area contributed by atoms with Crippen molar-refractivity contribution in [3.63, 3.8) is 0 Å². The second-order valence-corrected chi connectivity index (χ2v) is 8.92. The number of carbonyl (C=O) groups is 1. The topological polar surface area (TPSA) is 89.9 Å². The minimum atomic E-state index is -4.16. The highest BCUT2D eigenvalue weighted by Gasteiger charge is 2.37. The molecule has 144 valence electrons. The largest absolute Gasteiger partial charge is 0.506 e. The van der Waals surface area contributed by atoms with Gasteiger partial charge in [-0.05, 0) is 48.9 Å². The summed E-state index contributed by atoms with van der Waals surface area (Å²) in [5.41, 5.74) is 0.0979. The number of anilines is 1. The Labute approximate surface area is 153 Å². The van der Waals surface area contributed by atoms with E-state index in [0.29, 0.717) is 28.1 Å². The van der Waals surface area contributed by atoms with E-state index in [1.54, 1.807) is 4.72 Å². The van der Waals surface area contributed by atoms with Crippen LogP contribution in [0.5, 0.6) is 5.75 Å². The van der Waals surface area contributed by atoms with Crippen LogP contribution < -0.4 is 9.03 Å². The highest BCUT2D eigenvalue weighted by Crippen LogP contribution is 2.34. The molecule has 0 bridgehead atoms. The molecule has 2 fully saturated rings. The van der Waals surface area contributed by atoms with Crippen LogP contribution >= 0.6 is 0 Å². The molecule has 2 aliphatic rings. The fraction of sp³-hybridized carbons (Fsp3) is 0.588. The lowest BCUT2D eigenvalue weighted by Gasteiger charge is -2.19. The lowest BCUT2D eigenvalue weighted by Crippen LogP contribution is -2.30. The van der Waals surface area contributed by atoms with Gasteiger partial charge in [0.2, 0.25) is 0 Å². The Hall–Kier alpha value is -1.87. The van der Waals surface area contributed by atoms with Crippen molar-refractivity contribution in [2.75, 3.05) is 30.5 Å². The second-order valence-electron chi connectivity index (χ2n) is 7.33. The molecule has 0 unspecified atom stereocenters. The van der Waals surface area contributed by atoms with E-state index in [1.165, 1.54) is 12.1 Å². The lowest BCUT2D eigenvalue weighted by molar-refractivity contribution is -0.117. The van der Waals surface area contributed by atoms with E-state index in [2.05, 4.69) is 18.7 Å². The van der Waals surface area contributed by atoms with Gasteiger partial charge in [0.1, 0.15) is 18.0 Å². The summed E-state index contributed by atoms with van der Waals surface area (Å²) in [6.45, 7) is 6.66. The zero-order chi connectivity index (χ0) is 19.1. The standard InChI is InChI=1S/C17H24FN3O4S/c1-11(2)13-4-6-20(9-13)5-3-12-7-14(18)17(15(22)8-12)21-10-16(23)19-26(21,24)25/h7-8,11,13,22H,3-6,9-10H2,1-2H3,(H,19,23)/t13-/m1/s1. The van der Waals surface area contributed by atoms with Crippen LogP contribution in [0.3, 0.4) is 0 Å². The van der Waals surface area contributed by atoms with Crippen molar-refractivity contribution in [3.8, 4) is 5.75 Å². The Morgan fingerprint density at radius 2 is 2.12 bits per heavy atom. The lowest BCUT2D eigenvalue weighted by atomic mass is 9.95. The molecule has 1 aromatic carbocycles. The van der Waals surface area contributed by atoms with Crippen LogP contribution in [0.25, 0.3) is 0 Å². The number of likely N-dealkylation sites (tertiary alicyclic amines) is 1. The van der Waals surface area contributed by atoms with E-state index in [1.807, 2.05) is 0 Å². The third-order valence-electron chi connectivity index (χ3n) is 5.14. The maximum atomic E-state index is 14.5. The fourth-order valence-corrected chi connectivity index (χ4v) is 4.74.